The van der Waals surface area contributed by atoms with E-state index in [1.54, 1.807) is 12.4 Å². The standard InChI is InChI=1S/C10H10ClN5O/c11-9-8(4-13-15-10(9)17)16-2-1-7-6(5-16)3-12-14-7/h3-4H,1-2,5H2,(H,12,14)(H,15,17). The van der Waals surface area contributed by atoms with E-state index in [1.165, 1.54) is 0 Å². The molecule has 0 radical (unpaired) electrons. The van der Waals surface area contributed by atoms with E-state index in [2.05, 4.69) is 20.4 Å². The molecule has 1 aliphatic heterocycles. The molecule has 0 amide bonds. The minimum atomic E-state index is -0.359. The highest BCUT2D eigenvalue weighted by Gasteiger charge is 2.20. The number of aromatic nitrogens is 4. The van der Waals surface area contributed by atoms with Gasteiger partial charge in [0.15, 0.2) is 0 Å². The molecule has 88 valence electrons. The van der Waals surface area contributed by atoms with Crippen LogP contribution in [0, 0.1) is 0 Å². The summed E-state index contributed by atoms with van der Waals surface area (Å²) in [6, 6.07) is 0. The Morgan fingerprint density at radius 2 is 2.12 bits per heavy atom. The molecule has 7 heteroatoms. The number of fused-ring (bicyclic) bond motifs is 1. The predicted octanol–water partition coefficient (Wildman–Crippen LogP) is 0.709. The van der Waals surface area contributed by atoms with Gasteiger partial charge in [0.1, 0.15) is 5.02 Å². The van der Waals surface area contributed by atoms with Crippen LogP contribution < -0.4 is 10.5 Å². The van der Waals surface area contributed by atoms with Gasteiger partial charge in [0, 0.05) is 30.8 Å². The van der Waals surface area contributed by atoms with E-state index in [1.807, 2.05) is 4.90 Å². The molecule has 0 bridgehead atoms. The number of hydrogen-bond acceptors (Lipinski definition) is 4. The van der Waals surface area contributed by atoms with Gasteiger partial charge in [0.05, 0.1) is 18.1 Å². The lowest BCUT2D eigenvalue weighted by molar-refractivity contribution is 0.716. The summed E-state index contributed by atoms with van der Waals surface area (Å²) in [5.41, 5.74) is 2.59. The van der Waals surface area contributed by atoms with Gasteiger partial charge in [-0.1, -0.05) is 11.6 Å². The molecular weight excluding hydrogens is 242 g/mol. The number of halogens is 1. The summed E-state index contributed by atoms with van der Waals surface area (Å²) in [6.07, 6.45) is 4.24. The Labute approximate surface area is 102 Å². The van der Waals surface area contributed by atoms with Gasteiger partial charge in [-0.2, -0.15) is 10.2 Å². The van der Waals surface area contributed by atoms with Gasteiger partial charge in [-0.15, -0.1) is 0 Å². The molecule has 2 aromatic rings. The van der Waals surface area contributed by atoms with Crippen molar-refractivity contribution < 1.29 is 0 Å². The number of aromatic amines is 2. The van der Waals surface area contributed by atoms with E-state index >= 15 is 0 Å². The summed E-state index contributed by atoms with van der Waals surface area (Å²) in [6.45, 7) is 1.48. The quantitative estimate of drug-likeness (QED) is 0.783. The third kappa shape index (κ3) is 1.70. The van der Waals surface area contributed by atoms with Crippen LogP contribution >= 0.6 is 11.6 Å². The summed E-state index contributed by atoms with van der Waals surface area (Å²) < 4.78 is 0. The molecule has 17 heavy (non-hydrogen) atoms. The molecule has 1 aliphatic rings. The second kappa shape index (κ2) is 3.89. The molecule has 0 saturated carbocycles. The normalized spacial score (nSPS) is 14.8. The number of rotatable bonds is 1. The van der Waals surface area contributed by atoms with Crippen molar-refractivity contribution in [3.05, 3.63) is 39.0 Å². The third-order valence-corrected chi connectivity index (χ3v) is 3.28. The molecule has 2 N–H and O–H groups in total. The van der Waals surface area contributed by atoms with Crippen molar-refractivity contribution in [2.45, 2.75) is 13.0 Å². The van der Waals surface area contributed by atoms with Crippen molar-refractivity contribution in [1.82, 2.24) is 20.4 Å². The predicted molar refractivity (Wildman–Crippen MR) is 63.2 cm³/mol. The monoisotopic (exact) mass is 251 g/mol. The molecule has 0 spiro atoms. The van der Waals surface area contributed by atoms with Gasteiger partial charge < -0.3 is 4.90 Å². The lowest BCUT2D eigenvalue weighted by Gasteiger charge is -2.28. The minimum absolute atomic E-state index is 0.187. The van der Waals surface area contributed by atoms with E-state index in [9.17, 15) is 4.79 Å². The van der Waals surface area contributed by atoms with Gasteiger partial charge >= 0.3 is 0 Å². The Morgan fingerprint density at radius 1 is 1.29 bits per heavy atom. The zero-order chi connectivity index (χ0) is 11.8. The van der Waals surface area contributed by atoms with Gasteiger partial charge in [0.2, 0.25) is 0 Å². The van der Waals surface area contributed by atoms with Crippen molar-refractivity contribution in [3.63, 3.8) is 0 Å². The first kappa shape index (κ1) is 10.3. The Hall–Kier alpha value is -1.82. The number of anilines is 1. The average Bonchev–Trinajstić information content (AvgIpc) is 2.79. The molecule has 3 heterocycles. The van der Waals surface area contributed by atoms with E-state index in [4.69, 9.17) is 11.6 Å². The fraction of sp³-hybridized carbons (Fsp3) is 0.300. The number of H-pyrrole nitrogens is 2. The molecule has 2 aromatic heterocycles. The first-order chi connectivity index (χ1) is 8.25. The lowest BCUT2D eigenvalue weighted by atomic mass is 10.1. The van der Waals surface area contributed by atoms with Crippen LogP contribution in [0.3, 0.4) is 0 Å². The Balaban J connectivity index is 1.97. The summed E-state index contributed by atoms with van der Waals surface area (Å²) in [7, 11) is 0. The topological polar surface area (TPSA) is 77.7 Å². The van der Waals surface area contributed by atoms with Crippen molar-refractivity contribution in [1.29, 1.82) is 0 Å². The maximum absolute atomic E-state index is 11.4. The van der Waals surface area contributed by atoms with Crippen molar-refractivity contribution in [2.24, 2.45) is 0 Å². The van der Waals surface area contributed by atoms with Crippen LogP contribution in [0.1, 0.15) is 11.3 Å². The second-order valence-corrected chi connectivity index (χ2v) is 4.32. The molecule has 0 unspecified atom stereocenters. The highest BCUT2D eigenvalue weighted by Crippen LogP contribution is 2.26. The van der Waals surface area contributed by atoms with Crippen LogP contribution in [0.2, 0.25) is 5.02 Å². The molecule has 0 aliphatic carbocycles. The van der Waals surface area contributed by atoms with Crippen LogP contribution in [0.5, 0.6) is 0 Å². The molecule has 0 fully saturated rings. The van der Waals surface area contributed by atoms with E-state index in [-0.39, 0.29) is 10.6 Å². The second-order valence-electron chi connectivity index (χ2n) is 3.94. The molecule has 6 nitrogen and oxygen atoms in total. The summed E-state index contributed by atoms with van der Waals surface area (Å²) >= 11 is 5.98. The molecular formula is C10H10ClN5O. The third-order valence-electron chi connectivity index (χ3n) is 2.92. The Bertz CT molecular complexity index is 605. The van der Waals surface area contributed by atoms with Crippen molar-refractivity contribution in [3.8, 4) is 0 Å². The maximum Gasteiger partial charge on any atom is 0.285 e. The lowest BCUT2D eigenvalue weighted by Crippen LogP contribution is -2.31. The van der Waals surface area contributed by atoms with Gasteiger partial charge in [-0.05, 0) is 0 Å². The number of nitrogens with zero attached hydrogens (tertiary/aromatic N) is 3. The van der Waals surface area contributed by atoms with Gasteiger partial charge in [0.25, 0.3) is 5.56 Å². The summed E-state index contributed by atoms with van der Waals surface area (Å²) in [4.78, 5) is 13.4. The maximum atomic E-state index is 11.4. The van der Waals surface area contributed by atoms with Crippen LogP contribution in [0.25, 0.3) is 0 Å². The Kier molecular flexibility index (Phi) is 2.36. The Morgan fingerprint density at radius 3 is 3.00 bits per heavy atom. The zero-order valence-electron chi connectivity index (χ0n) is 8.90. The number of hydrogen-bond donors (Lipinski definition) is 2. The molecule has 0 atom stereocenters. The van der Waals surface area contributed by atoms with Crippen LogP contribution in [-0.2, 0) is 13.0 Å². The largest absolute Gasteiger partial charge is 0.364 e. The van der Waals surface area contributed by atoms with Crippen molar-refractivity contribution >= 4 is 17.3 Å². The first-order valence-corrected chi connectivity index (χ1v) is 5.63. The van der Waals surface area contributed by atoms with E-state index in [0.717, 1.165) is 24.2 Å². The molecule has 0 saturated heterocycles. The summed E-state index contributed by atoms with van der Waals surface area (Å²) in [5.74, 6) is 0. The average molecular weight is 252 g/mol. The fourth-order valence-electron chi connectivity index (χ4n) is 2.02. The van der Waals surface area contributed by atoms with Crippen LogP contribution in [0.15, 0.2) is 17.2 Å². The smallest absolute Gasteiger partial charge is 0.285 e. The van der Waals surface area contributed by atoms with E-state index < -0.39 is 0 Å². The molecule has 3 rings (SSSR count). The van der Waals surface area contributed by atoms with E-state index in [0.29, 0.717) is 12.2 Å². The minimum Gasteiger partial charge on any atom is -0.364 e. The molecule has 0 aromatic carbocycles. The zero-order valence-corrected chi connectivity index (χ0v) is 9.66. The fourth-order valence-corrected chi connectivity index (χ4v) is 2.23. The highest BCUT2D eigenvalue weighted by molar-refractivity contribution is 6.32. The SMILES string of the molecule is O=c1[nH]ncc(N2CCc3[nH]ncc3C2)c1Cl. The first-order valence-electron chi connectivity index (χ1n) is 5.25. The van der Waals surface area contributed by atoms with Gasteiger partial charge in [-0.3, -0.25) is 9.89 Å². The highest BCUT2D eigenvalue weighted by atomic mass is 35.5. The van der Waals surface area contributed by atoms with Crippen molar-refractivity contribution in [2.75, 3.05) is 11.4 Å². The van der Waals surface area contributed by atoms with Gasteiger partial charge in [-0.25, -0.2) is 5.10 Å². The van der Waals surface area contributed by atoms with Crippen LogP contribution in [-0.4, -0.2) is 26.9 Å². The number of nitrogens with one attached hydrogen (secondary N) is 2. The van der Waals surface area contributed by atoms with Crippen LogP contribution in [0.4, 0.5) is 5.69 Å². The summed E-state index contributed by atoms with van der Waals surface area (Å²) in [5, 5.41) is 13.2.